The molecule has 1 saturated heterocycles. The average molecular weight is 305 g/mol. The lowest BCUT2D eigenvalue weighted by Gasteiger charge is -2.16. The van der Waals surface area contributed by atoms with E-state index in [0.717, 1.165) is 6.20 Å². The number of aromatic nitrogens is 2. The highest BCUT2D eigenvalue weighted by Crippen LogP contribution is 2.18. The number of ether oxygens (including phenoxy) is 1. The van der Waals surface area contributed by atoms with Gasteiger partial charge in [0.1, 0.15) is 11.9 Å². The smallest absolute Gasteiger partial charge is 0.275 e. The summed E-state index contributed by atoms with van der Waals surface area (Å²) in [6.07, 6.45) is 2.85. The predicted molar refractivity (Wildman–Crippen MR) is 73.3 cm³/mol. The Labute approximate surface area is 125 Å². The Balaban J connectivity index is 1.66. The summed E-state index contributed by atoms with van der Waals surface area (Å²) in [5.74, 6) is -1.86. The van der Waals surface area contributed by atoms with Crippen molar-refractivity contribution < 1.29 is 18.3 Å². The molecule has 3 heterocycles. The SMILES string of the molecule is O=C(c1ncc(F)cc1F)N1CCC(Oc2ccccn2)C1. The molecule has 7 heteroatoms. The second kappa shape index (κ2) is 6.05. The van der Waals surface area contributed by atoms with Crippen molar-refractivity contribution >= 4 is 5.91 Å². The van der Waals surface area contributed by atoms with E-state index in [1.165, 1.54) is 4.90 Å². The minimum absolute atomic E-state index is 0.206. The molecule has 0 aliphatic carbocycles. The summed E-state index contributed by atoms with van der Waals surface area (Å²) >= 11 is 0. The van der Waals surface area contributed by atoms with Gasteiger partial charge in [0.2, 0.25) is 5.88 Å². The van der Waals surface area contributed by atoms with Crippen LogP contribution in [-0.2, 0) is 0 Å². The van der Waals surface area contributed by atoms with Gasteiger partial charge in [0.15, 0.2) is 11.5 Å². The highest BCUT2D eigenvalue weighted by molar-refractivity contribution is 5.92. The highest BCUT2D eigenvalue weighted by atomic mass is 19.1. The molecule has 1 aliphatic heterocycles. The molecule has 1 unspecified atom stereocenters. The Hall–Kier alpha value is -2.57. The molecule has 2 aromatic heterocycles. The number of amides is 1. The van der Waals surface area contributed by atoms with E-state index in [-0.39, 0.29) is 11.8 Å². The quantitative estimate of drug-likeness (QED) is 0.871. The van der Waals surface area contributed by atoms with Crippen molar-refractivity contribution in [2.45, 2.75) is 12.5 Å². The minimum Gasteiger partial charge on any atom is -0.472 e. The first-order valence-corrected chi connectivity index (χ1v) is 6.81. The molecule has 0 bridgehead atoms. The fourth-order valence-corrected chi connectivity index (χ4v) is 2.32. The van der Waals surface area contributed by atoms with Crippen molar-refractivity contribution in [1.29, 1.82) is 0 Å². The molecule has 22 heavy (non-hydrogen) atoms. The first-order valence-electron chi connectivity index (χ1n) is 6.81. The van der Waals surface area contributed by atoms with E-state index < -0.39 is 17.5 Å². The minimum atomic E-state index is -0.959. The van der Waals surface area contributed by atoms with Crippen LogP contribution in [0.4, 0.5) is 8.78 Å². The van der Waals surface area contributed by atoms with Crippen molar-refractivity contribution in [3.05, 3.63) is 54.0 Å². The maximum atomic E-state index is 13.6. The number of hydrogen-bond acceptors (Lipinski definition) is 4. The molecular formula is C15H13F2N3O2. The predicted octanol–water partition coefficient (Wildman–Crippen LogP) is 2.05. The van der Waals surface area contributed by atoms with Gasteiger partial charge in [-0.3, -0.25) is 4.79 Å². The van der Waals surface area contributed by atoms with Gasteiger partial charge in [0.25, 0.3) is 5.91 Å². The summed E-state index contributed by atoms with van der Waals surface area (Å²) in [5.41, 5.74) is -0.375. The second-order valence-electron chi connectivity index (χ2n) is 4.93. The zero-order chi connectivity index (χ0) is 15.5. The Kier molecular flexibility index (Phi) is 3.95. The standard InChI is InChI=1S/C15H13F2N3O2/c16-10-7-12(17)14(19-8-10)15(21)20-6-4-11(9-20)22-13-3-1-2-5-18-13/h1-3,5,7-8,11H,4,6,9H2. The lowest BCUT2D eigenvalue weighted by Crippen LogP contribution is -2.32. The van der Waals surface area contributed by atoms with E-state index >= 15 is 0 Å². The molecule has 0 radical (unpaired) electrons. The van der Waals surface area contributed by atoms with Crippen molar-refractivity contribution in [2.24, 2.45) is 0 Å². The normalized spacial score (nSPS) is 17.5. The van der Waals surface area contributed by atoms with E-state index in [1.807, 2.05) is 0 Å². The molecule has 1 atom stereocenters. The van der Waals surface area contributed by atoms with E-state index in [4.69, 9.17) is 4.74 Å². The molecule has 1 amide bonds. The van der Waals surface area contributed by atoms with Crippen LogP contribution in [0.5, 0.6) is 5.88 Å². The van der Waals surface area contributed by atoms with Gasteiger partial charge in [0, 0.05) is 31.3 Å². The Morgan fingerprint density at radius 2 is 2.18 bits per heavy atom. The van der Waals surface area contributed by atoms with Gasteiger partial charge in [-0.1, -0.05) is 6.07 Å². The largest absolute Gasteiger partial charge is 0.472 e. The van der Waals surface area contributed by atoms with Crippen LogP contribution in [0, 0.1) is 11.6 Å². The number of nitrogens with zero attached hydrogens (tertiary/aromatic N) is 3. The van der Waals surface area contributed by atoms with Crippen LogP contribution in [0.1, 0.15) is 16.9 Å². The number of likely N-dealkylation sites (tertiary alicyclic amines) is 1. The second-order valence-corrected chi connectivity index (χ2v) is 4.93. The number of carbonyl (C=O) groups is 1. The molecule has 1 fully saturated rings. The maximum absolute atomic E-state index is 13.6. The molecule has 0 saturated carbocycles. The lowest BCUT2D eigenvalue weighted by molar-refractivity contribution is 0.0760. The summed E-state index contributed by atoms with van der Waals surface area (Å²) in [6.45, 7) is 0.739. The molecule has 0 N–H and O–H groups in total. The van der Waals surface area contributed by atoms with E-state index in [1.54, 1.807) is 24.4 Å². The van der Waals surface area contributed by atoms with Gasteiger partial charge < -0.3 is 9.64 Å². The van der Waals surface area contributed by atoms with E-state index in [9.17, 15) is 13.6 Å². The summed E-state index contributed by atoms with van der Waals surface area (Å²) in [5, 5.41) is 0. The molecule has 0 spiro atoms. The van der Waals surface area contributed by atoms with Crippen LogP contribution in [0.3, 0.4) is 0 Å². The lowest BCUT2D eigenvalue weighted by atomic mass is 10.3. The highest BCUT2D eigenvalue weighted by Gasteiger charge is 2.30. The molecule has 5 nitrogen and oxygen atoms in total. The summed E-state index contributed by atoms with van der Waals surface area (Å²) < 4.78 is 32.1. The van der Waals surface area contributed by atoms with Crippen LogP contribution in [0.25, 0.3) is 0 Å². The summed E-state index contributed by atoms with van der Waals surface area (Å²) in [7, 11) is 0. The molecule has 2 aromatic rings. The van der Waals surface area contributed by atoms with Crippen LogP contribution in [0.15, 0.2) is 36.7 Å². The van der Waals surface area contributed by atoms with Gasteiger partial charge in [-0.15, -0.1) is 0 Å². The van der Waals surface area contributed by atoms with Crippen molar-refractivity contribution in [1.82, 2.24) is 14.9 Å². The van der Waals surface area contributed by atoms with Gasteiger partial charge in [0.05, 0.1) is 12.7 Å². The van der Waals surface area contributed by atoms with Gasteiger partial charge in [-0.2, -0.15) is 0 Å². The third kappa shape index (κ3) is 3.03. The third-order valence-corrected chi connectivity index (χ3v) is 3.37. The molecule has 3 rings (SSSR count). The van der Waals surface area contributed by atoms with Gasteiger partial charge >= 0.3 is 0 Å². The molecule has 114 valence electrons. The Morgan fingerprint density at radius 3 is 2.91 bits per heavy atom. The average Bonchev–Trinajstić information content (AvgIpc) is 2.96. The Morgan fingerprint density at radius 1 is 1.32 bits per heavy atom. The van der Waals surface area contributed by atoms with Crippen LogP contribution >= 0.6 is 0 Å². The van der Waals surface area contributed by atoms with Crippen LogP contribution in [-0.4, -0.2) is 40.0 Å². The molecule has 0 aromatic carbocycles. The van der Waals surface area contributed by atoms with Crippen molar-refractivity contribution in [3.8, 4) is 5.88 Å². The summed E-state index contributed by atoms with van der Waals surface area (Å²) in [4.78, 5) is 21.2. The Bertz CT molecular complexity index is 682. The number of carbonyl (C=O) groups excluding carboxylic acids is 1. The number of pyridine rings is 2. The van der Waals surface area contributed by atoms with Crippen molar-refractivity contribution in [2.75, 3.05) is 13.1 Å². The number of rotatable bonds is 3. The van der Waals surface area contributed by atoms with Crippen molar-refractivity contribution in [3.63, 3.8) is 0 Å². The first kappa shape index (κ1) is 14.4. The van der Waals surface area contributed by atoms with Gasteiger partial charge in [-0.05, 0) is 6.07 Å². The topological polar surface area (TPSA) is 55.3 Å². The zero-order valence-corrected chi connectivity index (χ0v) is 11.6. The third-order valence-electron chi connectivity index (χ3n) is 3.37. The fraction of sp³-hybridized carbons (Fsp3) is 0.267. The first-order chi connectivity index (χ1) is 10.6. The maximum Gasteiger partial charge on any atom is 0.275 e. The molecule has 1 aliphatic rings. The van der Waals surface area contributed by atoms with Crippen LogP contribution in [0.2, 0.25) is 0 Å². The summed E-state index contributed by atoms with van der Waals surface area (Å²) in [6, 6.07) is 5.96. The monoisotopic (exact) mass is 305 g/mol. The number of halogens is 2. The number of hydrogen-bond donors (Lipinski definition) is 0. The van der Waals surface area contributed by atoms with E-state index in [2.05, 4.69) is 9.97 Å². The zero-order valence-electron chi connectivity index (χ0n) is 11.6. The fourth-order valence-electron chi connectivity index (χ4n) is 2.32. The van der Waals surface area contributed by atoms with Crippen LogP contribution < -0.4 is 4.74 Å². The molecular weight excluding hydrogens is 292 g/mol. The van der Waals surface area contributed by atoms with Gasteiger partial charge in [-0.25, -0.2) is 18.7 Å². The van der Waals surface area contributed by atoms with E-state index in [0.29, 0.717) is 31.5 Å².